The number of para-hydroxylation sites is 1. The zero-order valence-electron chi connectivity index (χ0n) is 18.4. The maximum Gasteiger partial charge on any atom is 0.330 e. The molecular weight excluding hydrogens is 426 g/mol. The fourth-order valence-corrected chi connectivity index (χ4v) is 4.46. The molecular formula is C23H25N5O3S. The Morgan fingerprint density at radius 2 is 1.91 bits per heavy atom. The number of hydrogen-bond donors (Lipinski definition) is 2. The van der Waals surface area contributed by atoms with Gasteiger partial charge in [0.1, 0.15) is 5.01 Å². The number of rotatable bonds is 6. The number of hydrogen-bond acceptors (Lipinski definition) is 6. The van der Waals surface area contributed by atoms with E-state index < -0.39 is 17.2 Å². The Kier molecular flexibility index (Phi) is 5.92. The van der Waals surface area contributed by atoms with Gasteiger partial charge in [-0.1, -0.05) is 39.8 Å². The number of carbonyl (C=O) groups excluding carboxylic acids is 1. The van der Waals surface area contributed by atoms with Crippen LogP contribution < -0.4 is 16.6 Å². The molecule has 2 N–H and O–H groups in total. The molecule has 0 unspecified atom stereocenters. The molecule has 0 spiro atoms. The van der Waals surface area contributed by atoms with Gasteiger partial charge in [-0.25, -0.2) is 14.8 Å². The number of thiazole rings is 1. The molecule has 4 aromatic rings. The van der Waals surface area contributed by atoms with Gasteiger partial charge in [0.2, 0.25) is 0 Å². The van der Waals surface area contributed by atoms with E-state index in [2.05, 4.69) is 20.3 Å². The summed E-state index contributed by atoms with van der Waals surface area (Å²) in [5.41, 5.74) is 0.836. The van der Waals surface area contributed by atoms with Crippen molar-refractivity contribution in [1.82, 2.24) is 24.8 Å². The predicted molar refractivity (Wildman–Crippen MR) is 126 cm³/mol. The zero-order chi connectivity index (χ0) is 23.0. The highest BCUT2D eigenvalue weighted by molar-refractivity contribution is 7.18. The monoisotopic (exact) mass is 451 g/mol. The van der Waals surface area contributed by atoms with Gasteiger partial charge in [0.05, 0.1) is 27.7 Å². The molecule has 0 aliphatic heterocycles. The number of aromatic nitrogens is 4. The molecule has 3 aromatic heterocycles. The topological polar surface area (TPSA) is 110 Å². The van der Waals surface area contributed by atoms with Gasteiger partial charge in [-0.2, -0.15) is 0 Å². The summed E-state index contributed by atoms with van der Waals surface area (Å²) in [5, 5.41) is 3.77. The number of H-pyrrole nitrogens is 1. The van der Waals surface area contributed by atoms with Gasteiger partial charge in [0, 0.05) is 12.2 Å². The molecule has 1 amide bonds. The average Bonchev–Trinajstić information content (AvgIpc) is 3.16. The average molecular weight is 452 g/mol. The summed E-state index contributed by atoms with van der Waals surface area (Å²) in [6.07, 6.45) is 0. The maximum absolute atomic E-state index is 13.2. The molecule has 0 aliphatic rings. The number of benzene rings is 1. The molecule has 0 atom stereocenters. The molecule has 9 heteroatoms. The van der Waals surface area contributed by atoms with Crippen LogP contribution in [-0.4, -0.2) is 25.4 Å². The maximum atomic E-state index is 13.2. The molecule has 8 nitrogen and oxygen atoms in total. The van der Waals surface area contributed by atoms with Crippen molar-refractivity contribution in [2.45, 2.75) is 46.7 Å². The largest absolute Gasteiger partial charge is 0.345 e. The predicted octanol–water partition coefficient (Wildman–Crippen LogP) is 3.40. The first-order chi connectivity index (χ1) is 15.2. The van der Waals surface area contributed by atoms with Crippen LogP contribution in [0.3, 0.4) is 0 Å². The molecule has 0 fully saturated rings. The van der Waals surface area contributed by atoms with Gasteiger partial charge in [-0.05, 0) is 30.0 Å². The molecule has 0 saturated carbocycles. The minimum atomic E-state index is -0.613. The Hall–Kier alpha value is -3.33. The van der Waals surface area contributed by atoms with Crippen molar-refractivity contribution < 1.29 is 4.79 Å². The van der Waals surface area contributed by atoms with Crippen LogP contribution in [0.5, 0.6) is 0 Å². The van der Waals surface area contributed by atoms with E-state index in [1.165, 1.54) is 15.9 Å². The number of nitrogens with zero attached hydrogens (tertiary/aromatic N) is 3. The van der Waals surface area contributed by atoms with Crippen molar-refractivity contribution >= 4 is 38.5 Å². The highest BCUT2D eigenvalue weighted by Crippen LogP contribution is 2.23. The van der Waals surface area contributed by atoms with Crippen molar-refractivity contribution in [3.63, 3.8) is 0 Å². The first-order valence-electron chi connectivity index (χ1n) is 10.5. The highest BCUT2D eigenvalue weighted by atomic mass is 32.1. The van der Waals surface area contributed by atoms with Crippen LogP contribution in [0.15, 0.2) is 39.9 Å². The Labute approximate surface area is 188 Å². The molecule has 0 aliphatic carbocycles. The normalized spacial score (nSPS) is 11.7. The van der Waals surface area contributed by atoms with Crippen LogP contribution in [-0.2, 0) is 13.1 Å². The van der Waals surface area contributed by atoms with E-state index in [0.717, 1.165) is 15.2 Å². The zero-order valence-corrected chi connectivity index (χ0v) is 19.2. The second kappa shape index (κ2) is 8.66. The summed E-state index contributed by atoms with van der Waals surface area (Å²) in [6, 6.07) is 9.42. The van der Waals surface area contributed by atoms with Crippen molar-refractivity contribution in [3.8, 4) is 0 Å². The van der Waals surface area contributed by atoms with Gasteiger partial charge in [0.25, 0.3) is 11.5 Å². The van der Waals surface area contributed by atoms with Crippen LogP contribution in [0.2, 0.25) is 0 Å². The lowest BCUT2D eigenvalue weighted by atomic mass is 10.0. The minimum absolute atomic E-state index is 0.0112. The Bertz CT molecular complexity index is 1400. The van der Waals surface area contributed by atoms with Gasteiger partial charge in [0.15, 0.2) is 5.65 Å². The number of aromatic amines is 1. The lowest BCUT2D eigenvalue weighted by Gasteiger charge is -2.15. The minimum Gasteiger partial charge on any atom is -0.345 e. The molecule has 4 rings (SSSR count). The fourth-order valence-electron chi connectivity index (χ4n) is 3.55. The summed E-state index contributed by atoms with van der Waals surface area (Å²) in [6.45, 7) is 8.47. The van der Waals surface area contributed by atoms with Crippen molar-refractivity contribution in [3.05, 3.63) is 67.4 Å². The lowest BCUT2D eigenvalue weighted by Crippen LogP contribution is -2.34. The first-order valence-corrected chi connectivity index (χ1v) is 11.4. The first kappa shape index (κ1) is 21.9. The van der Waals surface area contributed by atoms with Crippen molar-refractivity contribution in [1.29, 1.82) is 0 Å². The van der Waals surface area contributed by atoms with E-state index >= 15 is 0 Å². The molecule has 166 valence electrons. The van der Waals surface area contributed by atoms with E-state index in [-0.39, 0.29) is 35.0 Å². The summed E-state index contributed by atoms with van der Waals surface area (Å²) in [4.78, 5) is 49.9. The second-order valence-corrected chi connectivity index (χ2v) is 9.58. The van der Waals surface area contributed by atoms with Crippen LogP contribution >= 0.6 is 11.3 Å². The van der Waals surface area contributed by atoms with Gasteiger partial charge in [-0.3, -0.25) is 19.1 Å². The SMILES string of the molecule is CC(C)Cn1c(=O)[nH]c(=O)c2c(C(=O)NCc3nc4ccccc4s3)cc(C(C)C)nc21. The summed E-state index contributed by atoms with van der Waals surface area (Å²) >= 11 is 1.51. The molecule has 1 aromatic carbocycles. The van der Waals surface area contributed by atoms with Crippen LogP contribution in [0.25, 0.3) is 21.3 Å². The van der Waals surface area contributed by atoms with Crippen molar-refractivity contribution in [2.24, 2.45) is 5.92 Å². The Morgan fingerprint density at radius 3 is 2.59 bits per heavy atom. The smallest absolute Gasteiger partial charge is 0.330 e. The fraction of sp³-hybridized carbons (Fsp3) is 0.348. The Morgan fingerprint density at radius 1 is 1.16 bits per heavy atom. The van der Waals surface area contributed by atoms with E-state index in [4.69, 9.17) is 0 Å². The van der Waals surface area contributed by atoms with Gasteiger partial charge < -0.3 is 5.32 Å². The third kappa shape index (κ3) is 4.20. The quantitative estimate of drug-likeness (QED) is 0.467. The van der Waals surface area contributed by atoms with Gasteiger partial charge >= 0.3 is 5.69 Å². The summed E-state index contributed by atoms with van der Waals surface area (Å²) in [5.74, 6) is -0.237. The van der Waals surface area contributed by atoms with E-state index in [1.807, 2.05) is 52.0 Å². The number of fused-ring (bicyclic) bond motifs is 2. The summed E-state index contributed by atoms with van der Waals surface area (Å²) < 4.78 is 2.49. The number of amides is 1. The summed E-state index contributed by atoms with van der Waals surface area (Å²) in [7, 11) is 0. The molecule has 0 bridgehead atoms. The molecule has 0 radical (unpaired) electrons. The van der Waals surface area contributed by atoms with E-state index in [1.54, 1.807) is 6.07 Å². The van der Waals surface area contributed by atoms with Crippen LogP contribution in [0, 0.1) is 5.92 Å². The number of pyridine rings is 1. The molecule has 32 heavy (non-hydrogen) atoms. The number of carbonyl (C=O) groups is 1. The highest BCUT2D eigenvalue weighted by Gasteiger charge is 2.21. The lowest BCUT2D eigenvalue weighted by molar-refractivity contribution is 0.0952. The third-order valence-corrected chi connectivity index (χ3v) is 6.13. The van der Waals surface area contributed by atoms with E-state index in [9.17, 15) is 14.4 Å². The Balaban J connectivity index is 1.78. The number of nitrogens with one attached hydrogen (secondary N) is 2. The standard InChI is InChI=1S/C23H25N5O3S/c1-12(2)11-28-20-19(22(30)27-23(28)31)14(9-16(26-20)13(3)4)21(29)24-10-18-25-15-7-5-6-8-17(15)32-18/h5-9,12-13H,10-11H2,1-4H3,(H,24,29)(H,27,30,31). The van der Waals surface area contributed by atoms with Gasteiger partial charge in [-0.15, -0.1) is 11.3 Å². The molecule has 0 saturated heterocycles. The third-order valence-electron chi connectivity index (χ3n) is 5.09. The van der Waals surface area contributed by atoms with Crippen LogP contribution in [0.4, 0.5) is 0 Å². The van der Waals surface area contributed by atoms with Crippen molar-refractivity contribution in [2.75, 3.05) is 0 Å². The van der Waals surface area contributed by atoms with Crippen LogP contribution in [0.1, 0.15) is 54.7 Å². The second-order valence-electron chi connectivity index (χ2n) is 8.47. The van der Waals surface area contributed by atoms with E-state index in [0.29, 0.717) is 12.2 Å². The molecule has 3 heterocycles.